The Morgan fingerprint density at radius 2 is 2.00 bits per heavy atom. The van der Waals surface area contributed by atoms with Gasteiger partial charge < -0.3 is 10.1 Å². The van der Waals surface area contributed by atoms with Gasteiger partial charge in [0, 0.05) is 17.8 Å². The van der Waals surface area contributed by atoms with Crippen molar-refractivity contribution in [2.45, 2.75) is 39.7 Å². The van der Waals surface area contributed by atoms with Gasteiger partial charge in [0.05, 0.1) is 13.3 Å². The Morgan fingerprint density at radius 1 is 1.29 bits per heavy atom. The molecule has 1 rings (SSSR count). The summed E-state index contributed by atoms with van der Waals surface area (Å²) in [4.78, 5) is 4.12. The number of pyridine rings is 1. The summed E-state index contributed by atoms with van der Waals surface area (Å²) in [6, 6.07) is 2.41. The van der Waals surface area contributed by atoms with Gasteiger partial charge in [-0.2, -0.15) is 0 Å². The highest BCUT2D eigenvalue weighted by Gasteiger charge is 2.22. The summed E-state index contributed by atoms with van der Waals surface area (Å²) in [7, 11) is 1.70. The van der Waals surface area contributed by atoms with Crippen molar-refractivity contribution in [3.05, 3.63) is 24.0 Å². The summed E-state index contributed by atoms with van der Waals surface area (Å²) in [5.74, 6) is 1.51. The predicted octanol–water partition coefficient (Wildman–Crippen LogP) is 3.18. The second kappa shape index (κ2) is 7.28. The zero-order valence-electron chi connectivity index (χ0n) is 11.4. The molecule has 0 saturated heterocycles. The molecule has 0 spiro atoms. The van der Waals surface area contributed by atoms with Crippen LogP contribution in [0.15, 0.2) is 18.5 Å². The van der Waals surface area contributed by atoms with E-state index in [1.807, 2.05) is 6.20 Å². The van der Waals surface area contributed by atoms with Gasteiger partial charge in [-0.1, -0.05) is 33.6 Å². The van der Waals surface area contributed by atoms with E-state index >= 15 is 0 Å². The monoisotopic (exact) mass is 236 g/mol. The Labute approximate surface area is 105 Å². The van der Waals surface area contributed by atoms with E-state index in [-0.39, 0.29) is 0 Å². The fourth-order valence-corrected chi connectivity index (χ4v) is 2.33. The van der Waals surface area contributed by atoms with Gasteiger partial charge >= 0.3 is 0 Å². The molecule has 1 aromatic rings. The summed E-state index contributed by atoms with van der Waals surface area (Å²) in [6.07, 6.45) is 5.96. The van der Waals surface area contributed by atoms with Crippen LogP contribution in [-0.4, -0.2) is 18.6 Å². The summed E-state index contributed by atoms with van der Waals surface area (Å²) < 4.78 is 5.41. The molecule has 1 heterocycles. The lowest BCUT2D eigenvalue weighted by Crippen LogP contribution is -2.28. The normalized spacial score (nSPS) is 12.8. The minimum absolute atomic E-state index is 0.355. The standard InChI is InChI=1S/C14H24N2O/c1-5-11(6-2)14(16-7-3)12-8-9-15-10-13(12)17-4/h8-11,14,16H,5-7H2,1-4H3. The quantitative estimate of drug-likeness (QED) is 0.789. The highest BCUT2D eigenvalue weighted by atomic mass is 16.5. The highest BCUT2D eigenvalue weighted by Crippen LogP contribution is 2.32. The van der Waals surface area contributed by atoms with Crippen molar-refractivity contribution in [3.63, 3.8) is 0 Å². The molecule has 1 N–H and O–H groups in total. The van der Waals surface area contributed by atoms with Crippen molar-refractivity contribution < 1.29 is 4.74 Å². The Bertz CT molecular complexity index is 324. The molecule has 1 aromatic heterocycles. The smallest absolute Gasteiger partial charge is 0.141 e. The van der Waals surface area contributed by atoms with Gasteiger partial charge in [-0.15, -0.1) is 0 Å². The van der Waals surface area contributed by atoms with E-state index in [0.717, 1.165) is 12.3 Å². The van der Waals surface area contributed by atoms with Gasteiger partial charge in [-0.05, 0) is 18.5 Å². The molecule has 0 aliphatic carbocycles. The molecule has 1 unspecified atom stereocenters. The fraction of sp³-hybridized carbons (Fsp3) is 0.643. The first-order chi connectivity index (χ1) is 8.28. The lowest BCUT2D eigenvalue weighted by Gasteiger charge is -2.27. The topological polar surface area (TPSA) is 34.2 Å². The number of ether oxygens (including phenoxy) is 1. The second-order valence-electron chi connectivity index (χ2n) is 4.23. The van der Waals surface area contributed by atoms with Crippen LogP contribution in [0.3, 0.4) is 0 Å². The van der Waals surface area contributed by atoms with E-state index in [9.17, 15) is 0 Å². The number of nitrogens with zero attached hydrogens (tertiary/aromatic N) is 1. The molecular weight excluding hydrogens is 212 g/mol. The maximum atomic E-state index is 5.41. The van der Waals surface area contributed by atoms with E-state index in [1.165, 1.54) is 18.4 Å². The first-order valence-electron chi connectivity index (χ1n) is 6.49. The molecule has 0 aliphatic rings. The molecule has 1 atom stereocenters. The highest BCUT2D eigenvalue weighted by molar-refractivity contribution is 5.33. The molecule has 0 saturated carbocycles. The molecule has 3 nitrogen and oxygen atoms in total. The minimum Gasteiger partial charge on any atom is -0.495 e. The maximum Gasteiger partial charge on any atom is 0.141 e. The van der Waals surface area contributed by atoms with Crippen LogP contribution in [-0.2, 0) is 0 Å². The summed E-state index contributed by atoms with van der Waals surface area (Å²) in [5, 5.41) is 3.57. The van der Waals surface area contributed by atoms with Crippen LogP contribution in [0, 0.1) is 5.92 Å². The molecule has 3 heteroatoms. The lowest BCUT2D eigenvalue weighted by atomic mass is 9.89. The van der Waals surface area contributed by atoms with Crippen LogP contribution in [0.2, 0.25) is 0 Å². The maximum absolute atomic E-state index is 5.41. The molecular formula is C14H24N2O. The first-order valence-corrected chi connectivity index (χ1v) is 6.49. The number of hydrogen-bond acceptors (Lipinski definition) is 3. The van der Waals surface area contributed by atoms with Crippen molar-refractivity contribution in [1.82, 2.24) is 10.3 Å². The Balaban J connectivity index is 3.03. The third kappa shape index (κ3) is 3.43. The van der Waals surface area contributed by atoms with Crippen LogP contribution >= 0.6 is 0 Å². The predicted molar refractivity (Wildman–Crippen MR) is 71.3 cm³/mol. The van der Waals surface area contributed by atoms with Crippen LogP contribution in [0.5, 0.6) is 5.75 Å². The van der Waals surface area contributed by atoms with E-state index in [1.54, 1.807) is 13.3 Å². The molecule has 0 radical (unpaired) electrons. The Hall–Kier alpha value is -1.09. The number of methoxy groups -OCH3 is 1. The number of aromatic nitrogens is 1. The molecule has 0 amide bonds. The summed E-state index contributed by atoms with van der Waals surface area (Å²) in [6.45, 7) is 7.59. The van der Waals surface area contributed by atoms with E-state index in [2.05, 4.69) is 37.1 Å². The average molecular weight is 236 g/mol. The van der Waals surface area contributed by atoms with Gasteiger partial charge in [0.15, 0.2) is 0 Å². The molecule has 17 heavy (non-hydrogen) atoms. The number of rotatable bonds is 7. The van der Waals surface area contributed by atoms with E-state index in [0.29, 0.717) is 12.0 Å². The minimum atomic E-state index is 0.355. The van der Waals surface area contributed by atoms with Crippen molar-refractivity contribution in [2.75, 3.05) is 13.7 Å². The third-order valence-corrected chi connectivity index (χ3v) is 3.32. The largest absolute Gasteiger partial charge is 0.495 e. The molecule has 0 aliphatic heterocycles. The molecule has 0 aromatic carbocycles. The summed E-state index contributed by atoms with van der Waals surface area (Å²) >= 11 is 0. The zero-order valence-corrected chi connectivity index (χ0v) is 11.4. The lowest BCUT2D eigenvalue weighted by molar-refractivity contribution is 0.329. The van der Waals surface area contributed by atoms with Gasteiger partial charge in [-0.3, -0.25) is 4.98 Å². The van der Waals surface area contributed by atoms with Crippen molar-refractivity contribution in [2.24, 2.45) is 5.92 Å². The third-order valence-electron chi connectivity index (χ3n) is 3.32. The van der Waals surface area contributed by atoms with Crippen LogP contribution < -0.4 is 10.1 Å². The van der Waals surface area contributed by atoms with E-state index < -0.39 is 0 Å². The Kier molecular flexibility index (Phi) is 5.98. The molecule has 0 fully saturated rings. The van der Waals surface area contributed by atoms with Crippen LogP contribution in [0.25, 0.3) is 0 Å². The first kappa shape index (κ1) is 14.0. The van der Waals surface area contributed by atoms with E-state index in [4.69, 9.17) is 4.74 Å². The van der Waals surface area contributed by atoms with Crippen molar-refractivity contribution in [1.29, 1.82) is 0 Å². The van der Waals surface area contributed by atoms with Gasteiger partial charge in [-0.25, -0.2) is 0 Å². The van der Waals surface area contributed by atoms with Crippen LogP contribution in [0.1, 0.15) is 45.2 Å². The van der Waals surface area contributed by atoms with Crippen molar-refractivity contribution >= 4 is 0 Å². The van der Waals surface area contributed by atoms with Gasteiger partial charge in [0.1, 0.15) is 5.75 Å². The van der Waals surface area contributed by atoms with Gasteiger partial charge in [0.2, 0.25) is 0 Å². The number of hydrogen-bond donors (Lipinski definition) is 1. The van der Waals surface area contributed by atoms with Crippen molar-refractivity contribution in [3.8, 4) is 5.75 Å². The fourth-order valence-electron chi connectivity index (χ4n) is 2.33. The summed E-state index contributed by atoms with van der Waals surface area (Å²) in [5.41, 5.74) is 1.22. The zero-order chi connectivity index (χ0) is 12.7. The molecule has 0 bridgehead atoms. The molecule has 96 valence electrons. The van der Waals surface area contributed by atoms with Crippen LogP contribution in [0.4, 0.5) is 0 Å². The second-order valence-corrected chi connectivity index (χ2v) is 4.23. The number of nitrogens with one attached hydrogen (secondary N) is 1. The van der Waals surface area contributed by atoms with Gasteiger partial charge in [0.25, 0.3) is 0 Å². The Morgan fingerprint density at radius 3 is 2.53 bits per heavy atom. The average Bonchev–Trinajstić information content (AvgIpc) is 2.39. The SMILES string of the molecule is CCNC(c1ccncc1OC)C(CC)CC.